The standard InChI is InChI=1S/C12H25NO3S/c1-10-5-6-13(9-11(10)14)7-8-17(15,16)12(2,3)4/h10-11,14H,5-9H2,1-4H3. The zero-order valence-corrected chi connectivity index (χ0v) is 12.1. The molecule has 0 bridgehead atoms. The van der Waals surface area contributed by atoms with E-state index in [0.29, 0.717) is 19.0 Å². The number of hydrogen-bond acceptors (Lipinski definition) is 4. The van der Waals surface area contributed by atoms with Crippen LogP contribution in [0.2, 0.25) is 0 Å². The van der Waals surface area contributed by atoms with Gasteiger partial charge in [-0.3, -0.25) is 4.90 Å². The first-order valence-electron chi connectivity index (χ1n) is 6.26. The molecule has 0 amide bonds. The van der Waals surface area contributed by atoms with E-state index < -0.39 is 14.6 Å². The minimum absolute atomic E-state index is 0.178. The Morgan fingerprint density at radius 3 is 2.41 bits per heavy atom. The van der Waals surface area contributed by atoms with E-state index in [1.807, 2.05) is 11.8 Å². The van der Waals surface area contributed by atoms with Crippen LogP contribution >= 0.6 is 0 Å². The zero-order chi connectivity index (χ0) is 13.3. The van der Waals surface area contributed by atoms with Gasteiger partial charge in [0, 0.05) is 13.1 Å². The topological polar surface area (TPSA) is 57.6 Å². The molecule has 5 heteroatoms. The summed E-state index contributed by atoms with van der Waals surface area (Å²) in [6.45, 7) is 9.25. The number of nitrogens with zero attached hydrogens (tertiary/aromatic N) is 1. The molecule has 1 heterocycles. The summed E-state index contributed by atoms with van der Waals surface area (Å²) < 4.78 is 23.2. The minimum Gasteiger partial charge on any atom is -0.392 e. The van der Waals surface area contributed by atoms with Crippen molar-refractivity contribution in [3.05, 3.63) is 0 Å². The lowest BCUT2D eigenvalue weighted by Crippen LogP contribution is -2.45. The van der Waals surface area contributed by atoms with E-state index in [9.17, 15) is 13.5 Å². The molecule has 1 N–H and O–H groups in total. The van der Waals surface area contributed by atoms with Crippen molar-refractivity contribution in [2.24, 2.45) is 5.92 Å². The Hall–Kier alpha value is -0.130. The van der Waals surface area contributed by atoms with Crippen LogP contribution in [0.3, 0.4) is 0 Å². The monoisotopic (exact) mass is 263 g/mol. The summed E-state index contributed by atoms with van der Waals surface area (Å²) in [6, 6.07) is 0. The highest BCUT2D eigenvalue weighted by Crippen LogP contribution is 2.19. The predicted octanol–water partition coefficient (Wildman–Crippen LogP) is 0.902. The molecule has 1 fully saturated rings. The second-order valence-electron chi connectivity index (χ2n) is 6.07. The predicted molar refractivity (Wildman–Crippen MR) is 69.8 cm³/mol. The molecule has 0 aromatic carbocycles. The molecule has 0 aromatic rings. The van der Waals surface area contributed by atoms with Gasteiger partial charge in [0.05, 0.1) is 16.6 Å². The number of hydrogen-bond donors (Lipinski definition) is 1. The number of rotatable bonds is 3. The quantitative estimate of drug-likeness (QED) is 0.822. The molecular formula is C12H25NO3S. The van der Waals surface area contributed by atoms with E-state index in [0.717, 1.165) is 13.0 Å². The maximum absolute atomic E-state index is 12.0. The van der Waals surface area contributed by atoms with E-state index in [2.05, 4.69) is 0 Å². The summed E-state index contributed by atoms with van der Waals surface area (Å²) in [6.07, 6.45) is 0.623. The van der Waals surface area contributed by atoms with Crippen molar-refractivity contribution in [3.63, 3.8) is 0 Å². The Balaban J connectivity index is 2.47. The Kier molecular flexibility index (Phi) is 4.60. The van der Waals surface area contributed by atoms with Crippen molar-refractivity contribution in [2.75, 3.05) is 25.4 Å². The third-order valence-electron chi connectivity index (χ3n) is 3.61. The van der Waals surface area contributed by atoms with Crippen molar-refractivity contribution in [1.82, 2.24) is 4.90 Å². The largest absolute Gasteiger partial charge is 0.392 e. The maximum atomic E-state index is 12.0. The molecule has 4 nitrogen and oxygen atoms in total. The van der Waals surface area contributed by atoms with E-state index >= 15 is 0 Å². The van der Waals surface area contributed by atoms with Crippen LogP contribution in [0, 0.1) is 5.92 Å². The number of β-amino-alcohol motifs (C(OH)–C–C–N with tert-alkyl or cyclic N) is 1. The molecule has 0 aliphatic carbocycles. The number of likely N-dealkylation sites (tertiary alicyclic amines) is 1. The molecule has 0 radical (unpaired) electrons. The highest BCUT2D eigenvalue weighted by Gasteiger charge is 2.30. The van der Waals surface area contributed by atoms with Crippen LogP contribution in [0.25, 0.3) is 0 Å². The molecule has 1 aliphatic rings. The van der Waals surface area contributed by atoms with Gasteiger partial charge in [-0.15, -0.1) is 0 Å². The molecule has 1 saturated heterocycles. The molecule has 2 atom stereocenters. The molecule has 1 aliphatic heterocycles. The van der Waals surface area contributed by atoms with Gasteiger partial charge in [0.1, 0.15) is 0 Å². The Bertz CT molecular complexity index is 345. The summed E-state index contributed by atoms with van der Waals surface area (Å²) in [7, 11) is -3.05. The smallest absolute Gasteiger partial charge is 0.156 e. The highest BCUT2D eigenvalue weighted by atomic mass is 32.2. The van der Waals surface area contributed by atoms with Crippen molar-refractivity contribution in [2.45, 2.75) is 45.0 Å². The fraction of sp³-hybridized carbons (Fsp3) is 1.00. The van der Waals surface area contributed by atoms with Gasteiger partial charge in [-0.25, -0.2) is 8.42 Å². The summed E-state index contributed by atoms with van der Waals surface area (Å²) in [5, 5.41) is 9.75. The lowest BCUT2D eigenvalue weighted by atomic mass is 9.96. The SMILES string of the molecule is CC1CCN(CCS(=O)(=O)C(C)(C)C)CC1O. The second kappa shape index (κ2) is 5.24. The average Bonchev–Trinajstić information content (AvgIpc) is 2.18. The summed E-state index contributed by atoms with van der Waals surface area (Å²) in [5.74, 6) is 0.503. The van der Waals surface area contributed by atoms with E-state index in [1.54, 1.807) is 20.8 Å². The maximum Gasteiger partial charge on any atom is 0.156 e. The first kappa shape index (κ1) is 14.9. The van der Waals surface area contributed by atoms with Gasteiger partial charge in [-0.1, -0.05) is 6.92 Å². The molecule has 17 heavy (non-hydrogen) atoms. The van der Waals surface area contributed by atoms with Crippen molar-refractivity contribution < 1.29 is 13.5 Å². The Labute approximate surface area is 105 Å². The number of aliphatic hydroxyl groups is 1. The van der Waals surface area contributed by atoms with Gasteiger partial charge >= 0.3 is 0 Å². The van der Waals surface area contributed by atoms with Gasteiger partial charge in [0.2, 0.25) is 0 Å². The van der Waals surface area contributed by atoms with Crippen LogP contribution in [0.1, 0.15) is 34.1 Å². The number of piperidine rings is 1. The van der Waals surface area contributed by atoms with Crippen molar-refractivity contribution >= 4 is 9.84 Å². The zero-order valence-electron chi connectivity index (χ0n) is 11.3. The first-order chi connectivity index (χ1) is 7.63. The number of aliphatic hydroxyl groups excluding tert-OH is 1. The fourth-order valence-electron chi connectivity index (χ4n) is 1.87. The van der Waals surface area contributed by atoms with E-state index in [1.165, 1.54) is 0 Å². The molecule has 0 spiro atoms. The first-order valence-corrected chi connectivity index (χ1v) is 7.91. The number of sulfone groups is 1. The highest BCUT2D eigenvalue weighted by molar-refractivity contribution is 7.92. The molecule has 0 aromatic heterocycles. The third-order valence-corrected chi connectivity index (χ3v) is 6.20. The molecule has 102 valence electrons. The molecule has 1 rings (SSSR count). The minimum atomic E-state index is -3.05. The van der Waals surface area contributed by atoms with Gasteiger partial charge in [-0.05, 0) is 39.7 Å². The summed E-state index contributed by atoms with van der Waals surface area (Å²) >= 11 is 0. The Morgan fingerprint density at radius 2 is 1.94 bits per heavy atom. The van der Waals surface area contributed by atoms with E-state index in [4.69, 9.17) is 0 Å². The van der Waals surface area contributed by atoms with E-state index in [-0.39, 0.29) is 11.9 Å². The molecular weight excluding hydrogens is 238 g/mol. The van der Waals surface area contributed by atoms with Gasteiger partial charge in [-0.2, -0.15) is 0 Å². The normalized spacial score (nSPS) is 28.3. The fourth-order valence-corrected chi connectivity index (χ4v) is 2.98. The van der Waals surface area contributed by atoms with Crippen LogP contribution in [0.5, 0.6) is 0 Å². The summed E-state index contributed by atoms with van der Waals surface area (Å²) in [5.41, 5.74) is 0. The van der Waals surface area contributed by atoms with Gasteiger partial charge < -0.3 is 5.11 Å². The lowest BCUT2D eigenvalue weighted by molar-refractivity contribution is 0.0318. The van der Waals surface area contributed by atoms with Gasteiger partial charge in [0.15, 0.2) is 9.84 Å². The Morgan fingerprint density at radius 1 is 1.35 bits per heavy atom. The van der Waals surface area contributed by atoms with Crippen LogP contribution in [-0.2, 0) is 9.84 Å². The summed E-state index contributed by atoms with van der Waals surface area (Å²) in [4.78, 5) is 2.05. The van der Waals surface area contributed by atoms with Crippen LogP contribution in [-0.4, -0.2) is 54.7 Å². The molecule has 0 saturated carbocycles. The van der Waals surface area contributed by atoms with Crippen LogP contribution in [0.15, 0.2) is 0 Å². The van der Waals surface area contributed by atoms with Crippen molar-refractivity contribution in [1.29, 1.82) is 0 Å². The third kappa shape index (κ3) is 3.93. The van der Waals surface area contributed by atoms with Crippen LogP contribution in [0.4, 0.5) is 0 Å². The van der Waals surface area contributed by atoms with Crippen LogP contribution < -0.4 is 0 Å². The second-order valence-corrected chi connectivity index (χ2v) is 8.93. The average molecular weight is 263 g/mol. The lowest BCUT2D eigenvalue weighted by Gasteiger charge is -2.34. The molecule has 2 unspecified atom stereocenters. The van der Waals surface area contributed by atoms with Crippen molar-refractivity contribution in [3.8, 4) is 0 Å². The van der Waals surface area contributed by atoms with Gasteiger partial charge in [0.25, 0.3) is 0 Å².